The second kappa shape index (κ2) is 8.37. The van der Waals surface area contributed by atoms with E-state index in [-0.39, 0.29) is 11.9 Å². The fraction of sp³-hybridized carbons (Fsp3) is 0.476. The van der Waals surface area contributed by atoms with Gasteiger partial charge < -0.3 is 9.47 Å². The maximum atomic E-state index is 13.3. The van der Waals surface area contributed by atoms with Crippen LogP contribution < -0.4 is 0 Å². The number of aromatic nitrogens is 4. The van der Waals surface area contributed by atoms with Crippen LogP contribution in [0.25, 0.3) is 11.0 Å². The fourth-order valence-electron chi connectivity index (χ4n) is 3.58. The van der Waals surface area contributed by atoms with E-state index in [9.17, 15) is 4.79 Å². The Labute approximate surface area is 160 Å². The maximum absolute atomic E-state index is 13.3. The molecule has 0 N–H and O–H groups in total. The van der Waals surface area contributed by atoms with Crippen LogP contribution in [0.15, 0.2) is 36.7 Å². The number of likely N-dealkylation sites (N-methyl/N-ethyl adjacent to an activating group) is 1. The molecule has 0 saturated carbocycles. The zero-order valence-corrected chi connectivity index (χ0v) is 16.7. The minimum Gasteiger partial charge on any atom is -0.340 e. The van der Waals surface area contributed by atoms with Gasteiger partial charge in [-0.25, -0.2) is 4.98 Å². The highest BCUT2D eigenvalue weighted by Gasteiger charge is 2.26. The summed E-state index contributed by atoms with van der Waals surface area (Å²) in [5.74, 6) is 1.10. The quantitative estimate of drug-likeness (QED) is 0.608. The lowest BCUT2D eigenvalue weighted by Crippen LogP contribution is -2.34. The SMILES string of the molecule is CCCc1nc2ccccc2n1C(CC)C(=O)N(C)Cc1cnn(CC)c1. The van der Waals surface area contributed by atoms with Crippen molar-refractivity contribution in [3.63, 3.8) is 0 Å². The smallest absolute Gasteiger partial charge is 0.245 e. The summed E-state index contributed by atoms with van der Waals surface area (Å²) >= 11 is 0. The molecular formula is C21H29N5O. The van der Waals surface area contributed by atoms with Crippen LogP contribution in [0.4, 0.5) is 0 Å². The van der Waals surface area contributed by atoms with E-state index in [1.165, 1.54) is 0 Å². The Morgan fingerprint density at radius 1 is 1.22 bits per heavy atom. The van der Waals surface area contributed by atoms with Crippen molar-refractivity contribution < 1.29 is 4.79 Å². The van der Waals surface area contributed by atoms with Crippen LogP contribution in [0.3, 0.4) is 0 Å². The van der Waals surface area contributed by atoms with Gasteiger partial charge in [-0.3, -0.25) is 9.48 Å². The van der Waals surface area contributed by atoms with Crippen LogP contribution in [0, 0.1) is 0 Å². The second-order valence-electron chi connectivity index (χ2n) is 6.96. The first kappa shape index (κ1) is 19.1. The molecule has 0 saturated heterocycles. The van der Waals surface area contributed by atoms with Crippen molar-refractivity contribution in [2.75, 3.05) is 7.05 Å². The summed E-state index contributed by atoms with van der Waals surface area (Å²) in [5, 5.41) is 4.30. The number of para-hydroxylation sites is 2. The van der Waals surface area contributed by atoms with E-state index in [1.54, 1.807) is 4.90 Å². The Morgan fingerprint density at radius 2 is 2.00 bits per heavy atom. The minimum absolute atomic E-state index is 0.113. The van der Waals surface area contributed by atoms with Crippen molar-refractivity contribution >= 4 is 16.9 Å². The molecule has 27 heavy (non-hydrogen) atoms. The van der Waals surface area contributed by atoms with Gasteiger partial charge in [0.1, 0.15) is 11.9 Å². The number of amides is 1. The third-order valence-electron chi connectivity index (χ3n) is 4.93. The number of benzene rings is 1. The van der Waals surface area contributed by atoms with Crippen molar-refractivity contribution in [1.82, 2.24) is 24.2 Å². The standard InChI is InChI=1S/C21H29N5O/c1-5-10-20-23-17-11-8-9-12-19(17)26(20)18(6-2)21(27)24(4)14-16-13-22-25(7-3)15-16/h8-9,11-13,15,18H,5-7,10,14H2,1-4H3. The predicted molar refractivity (Wildman–Crippen MR) is 107 cm³/mol. The van der Waals surface area contributed by atoms with Gasteiger partial charge in [-0.1, -0.05) is 26.0 Å². The molecule has 144 valence electrons. The summed E-state index contributed by atoms with van der Waals surface area (Å²) < 4.78 is 4.03. The first-order valence-corrected chi connectivity index (χ1v) is 9.81. The largest absolute Gasteiger partial charge is 0.340 e. The molecule has 0 spiro atoms. The van der Waals surface area contributed by atoms with Gasteiger partial charge in [0, 0.05) is 38.3 Å². The molecule has 0 bridgehead atoms. The molecule has 2 aromatic heterocycles. The van der Waals surface area contributed by atoms with Crippen molar-refractivity contribution in [3.05, 3.63) is 48.0 Å². The minimum atomic E-state index is -0.245. The van der Waals surface area contributed by atoms with E-state index in [2.05, 4.69) is 36.5 Å². The van der Waals surface area contributed by atoms with Crippen LogP contribution in [0.1, 0.15) is 51.0 Å². The number of nitrogens with zero attached hydrogens (tertiary/aromatic N) is 5. The van der Waals surface area contributed by atoms with Crippen molar-refractivity contribution in [1.29, 1.82) is 0 Å². The lowest BCUT2D eigenvalue weighted by Gasteiger charge is -2.25. The number of carbonyl (C=O) groups is 1. The number of aryl methyl sites for hydroxylation is 2. The molecular weight excluding hydrogens is 338 g/mol. The molecule has 6 heteroatoms. The monoisotopic (exact) mass is 367 g/mol. The topological polar surface area (TPSA) is 56.0 Å². The highest BCUT2D eigenvalue weighted by atomic mass is 16.2. The number of hydrogen-bond acceptors (Lipinski definition) is 3. The van der Waals surface area contributed by atoms with Crippen LogP contribution in [-0.2, 0) is 24.3 Å². The third kappa shape index (κ3) is 3.89. The van der Waals surface area contributed by atoms with Crippen LogP contribution in [0.5, 0.6) is 0 Å². The number of imidazole rings is 1. The fourth-order valence-corrected chi connectivity index (χ4v) is 3.58. The molecule has 0 radical (unpaired) electrons. The van der Waals surface area contributed by atoms with E-state index in [0.29, 0.717) is 6.54 Å². The van der Waals surface area contributed by atoms with Gasteiger partial charge >= 0.3 is 0 Å². The summed E-state index contributed by atoms with van der Waals surface area (Å²) in [6.07, 6.45) is 6.43. The molecule has 1 atom stereocenters. The summed E-state index contributed by atoms with van der Waals surface area (Å²) in [4.78, 5) is 19.9. The number of fused-ring (bicyclic) bond motifs is 1. The second-order valence-corrected chi connectivity index (χ2v) is 6.96. The first-order valence-electron chi connectivity index (χ1n) is 9.81. The van der Waals surface area contributed by atoms with E-state index in [4.69, 9.17) is 4.98 Å². The normalized spacial score (nSPS) is 12.4. The summed E-state index contributed by atoms with van der Waals surface area (Å²) in [5.41, 5.74) is 3.04. The van der Waals surface area contributed by atoms with Crippen LogP contribution >= 0.6 is 0 Å². The number of carbonyl (C=O) groups excluding carboxylic acids is 1. The van der Waals surface area contributed by atoms with Crippen molar-refractivity contribution in [2.24, 2.45) is 0 Å². The Kier molecular flexibility index (Phi) is 5.94. The molecule has 1 aromatic carbocycles. The Hall–Kier alpha value is -2.63. The molecule has 6 nitrogen and oxygen atoms in total. The highest BCUT2D eigenvalue weighted by Crippen LogP contribution is 2.26. The van der Waals surface area contributed by atoms with E-state index in [0.717, 1.165) is 48.2 Å². The molecule has 2 heterocycles. The highest BCUT2D eigenvalue weighted by molar-refractivity contribution is 5.84. The summed E-state index contributed by atoms with van der Waals surface area (Å²) in [7, 11) is 1.87. The molecule has 1 amide bonds. The molecule has 0 aliphatic carbocycles. The molecule has 3 rings (SSSR count). The zero-order chi connectivity index (χ0) is 19.4. The summed E-state index contributed by atoms with van der Waals surface area (Å²) in [6.45, 7) is 7.65. The lowest BCUT2D eigenvalue weighted by molar-refractivity contribution is -0.134. The Bertz CT molecular complexity index is 910. The van der Waals surface area contributed by atoms with Crippen molar-refractivity contribution in [3.8, 4) is 0 Å². The van der Waals surface area contributed by atoms with Gasteiger partial charge in [-0.05, 0) is 31.9 Å². The average molecular weight is 367 g/mol. The Balaban J connectivity index is 1.90. The van der Waals surface area contributed by atoms with Crippen molar-refractivity contribution in [2.45, 2.75) is 59.2 Å². The van der Waals surface area contributed by atoms with Gasteiger partial charge in [0.15, 0.2) is 0 Å². The maximum Gasteiger partial charge on any atom is 0.245 e. The molecule has 1 unspecified atom stereocenters. The molecule has 0 aliphatic rings. The van der Waals surface area contributed by atoms with E-state index >= 15 is 0 Å². The lowest BCUT2D eigenvalue weighted by atomic mass is 10.1. The molecule has 0 aliphatic heterocycles. The molecule has 3 aromatic rings. The Morgan fingerprint density at radius 3 is 2.67 bits per heavy atom. The zero-order valence-electron chi connectivity index (χ0n) is 16.7. The van der Waals surface area contributed by atoms with E-state index < -0.39 is 0 Å². The summed E-state index contributed by atoms with van der Waals surface area (Å²) in [6, 6.07) is 7.84. The van der Waals surface area contributed by atoms with E-state index in [1.807, 2.05) is 42.3 Å². The van der Waals surface area contributed by atoms with Gasteiger partial charge in [0.2, 0.25) is 5.91 Å². The first-order chi connectivity index (χ1) is 13.1. The predicted octanol–water partition coefficient (Wildman–Crippen LogP) is 3.81. The molecule has 0 fully saturated rings. The van der Waals surface area contributed by atoms with Crippen LogP contribution in [-0.4, -0.2) is 37.2 Å². The van der Waals surface area contributed by atoms with Crippen LogP contribution in [0.2, 0.25) is 0 Å². The number of hydrogen-bond donors (Lipinski definition) is 0. The third-order valence-corrected chi connectivity index (χ3v) is 4.93. The number of rotatable bonds is 8. The average Bonchev–Trinajstić information content (AvgIpc) is 3.27. The van der Waals surface area contributed by atoms with Gasteiger partial charge in [-0.15, -0.1) is 0 Å². The van der Waals surface area contributed by atoms with Gasteiger partial charge in [-0.2, -0.15) is 5.10 Å². The van der Waals surface area contributed by atoms with Gasteiger partial charge in [0.25, 0.3) is 0 Å². The van der Waals surface area contributed by atoms with Gasteiger partial charge in [0.05, 0.1) is 17.2 Å².